The zero-order valence-corrected chi connectivity index (χ0v) is 7.61. The normalized spacial score (nSPS) is 7.40. The number of rotatable bonds is 5. The first-order valence-electron chi connectivity index (χ1n) is 1.69. The summed E-state index contributed by atoms with van der Waals surface area (Å²) < 4.78 is 8.45. The standard InChI is InChI=1S/C2N2O2S4/c3-1-5-7-9-10-8-6-2-4. The van der Waals surface area contributed by atoms with Crippen LogP contribution in [-0.2, 0) is 8.37 Å². The fourth-order valence-electron chi connectivity index (χ4n) is 0.0809. The summed E-state index contributed by atoms with van der Waals surface area (Å²) in [5.41, 5.74) is 0. The Morgan fingerprint density at radius 3 is 1.60 bits per heavy atom. The van der Waals surface area contributed by atoms with Gasteiger partial charge in [-0.25, -0.2) is 0 Å². The van der Waals surface area contributed by atoms with Gasteiger partial charge in [0.1, 0.15) is 0 Å². The first kappa shape index (κ1) is 9.98. The van der Waals surface area contributed by atoms with Crippen molar-refractivity contribution < 1.29 is 8.37 Å². The highest BCUT2D eigenvalue weighted by atomic mass is 33.7. The molecule has 54 valence electrons. The van der Waals surface area contributed by atoms with Crippen LogP contribution in [0, 0.1) is 23.0 Å². The maximum absolute atomic E-state index is 7.86. The van der Waals surface area contributed by atoms with Crippen LogP contribution in [0.5, 0.6) is 0 Å². The second-order valence-electron chi connectivity index (χ2n) is 0.621. The van der Waals surface area contributed by atoms with Gasteiger partial charge in [-0.2, -0.15) is 0 Å². The molecule has 0 saturated heterocycles. The lowest BCUT2D eigenvalue weighted by Gasteiger charge is -1.89. The minimum atomic E-state index is 0.912. The van der Waals surface area contributed by atoms with Gasteiger partial charge in [0.15, 0.2) is 22.1 Å². The molecule has 0 aromatic rings. The molecule has 0 aromatic heterocycles. The van der Waals surface area contributed by atoms with Crippen LogP contribution in [0.4, 0.5) is 0 Å². The van der Waals surface area contributed by atoms with E-state index in [9.17, 15) is 0 Å². The highest BCUT2D eigenvalue weighted by molar-refractivity contribution is 9.25. The molecule has 8 heteroatoms. The fourth-order valence-corrected chi connectivity index (χ4v) is 2.86. The van der Waals surface area contributed by atoms with E-state index in [0.29, 0.717) is 0 Å². The second kappa shape index (κ2) is 8.98. The lowest BCUT2D eigenvalue weighted by Crippen LogP contribution is -1.55. The van der Waals surface area contributed by atoms with Crippen molar-refractivity contribution in [2.45, 2.75) is 0 Å². The van der Waals surface area contributed by atoms with Crippen LogP contribution in [0.2, 0.25) is 0 Å². The largest absolute Gasteiger partial charge is 0.340 e. The van der Waals surface area contributed by atoms with Gasteiger partial charge in [-0.15, -0.1) is 10.5 Å². The Bertz CT molecular complexity index is 132. The van der Waals surface area contributed by atoms with Crippen LogP contribution in [0.1, 0.15) is 0 Å². The molecule has 0 saturated carbocycles. The topological polar surface area (TPSA) is 66.0 Å². The summed E-state index contributed by atoms with van der Waals surface area (Å²) in [6.07, 6.45) is 2.94. The van der Waals surface area contributed by atoms with E-state index in [4.69, 9.17) is 10.5 Å². The summed E-state index contributed by atoms with van der Waals surface area (Å²) in [7, 11) is 2.39. The van der Waals surface area contributed by atoms with Gasteiger partial charge >= 0.3 is 12.5 Å². The Kier molecular flexibility index (Phi) is 8.96. The molecule has 0 spiro atoms. The van der Waals surface area contributed by atoms with Crippen molar-refractivity contribution >= 4 is 41.8 Å². The Morgan fingerprint density at radius 1 is 0.900 bits per heavy atom. The van der Waals surface area contributed by atoms with Crippen molar-refractivity contribution in [1.29, 1.82) is 10.5 Å². The molecule has 0 aromatic carbocycles. The third kappa shape index (κ3) is 7.98. The zero-order valence-electron chi connectivity index (χ0n) is 4.34. The smallest absolute Gasteiger partial charge is 0.300 e. The Balaban J connectivity index is 2.80. The number of hydrogen-bond acceptors (Lipinski definition) is 8. The number of hydrogen-bond donors (Lipinski definition) is 0. The van der Waals surface area contributed by atoms with Gasteiger partial charge in [-0.05, 0) is 0 Å². The summed E-state index contributed by atoms with van der Waals surface area (Å²) in [4.78, 5) is 0. The molecule has 0 radical (unpaired) electrons. The third-order valence-corrected chi connectivity index (χ3v) is 4.59. The van der Waals surface area contributed by atoms with Crippen molar-refractivity contribution in [1.82, 2.24) is 0 Å². The zero-order chi connectivity index (χ0) is 7.66. The Labute approximate surface area is 73.2 Å². The van der Waals surface area contributed by atoms with Gasteiger partial charge in [-0.3, -0.25) is 0 Å². The molecule has 0 aliphatic rings. The maximum atomic E-state index is 7.86. The van der Waals surface area contributed by atoms with Crippen LogP contribution in [0.25, 0.3) is 0 Å². The summed E-state index contributed by atoms with van der Waals surface area (Å²) in [6.45, 7) is 0. The summed E-state index contributed by atoms with van der Waals surface area (Å²) >= 11 is 1.82. The van der Waals surface area contributed by atoms with Gasteiger partial charge in [0, 0.05) is 19.7 Å². The van der Waals surface area contributed by atoms with E-state index >= 15 is 0 Å². The maximum Gasteiger partial charge on any atom is 0.300 e. The third-order valence-electron chi connectivity index (χ3n) is 0.226. The second-order valence-corrected chi connectivity index (χ2v) is 5.58. The predicted molar refractivity (Wildman–Crippen MR) is 43.8 cm³/mol. The van der Waals surface area contributed by atoms with Gasteiger partial charge in [0.25, 0.3) is 0 Å². The van der Waals surface area contributed by atoms with E-state index in [1.807, 2.05) is 0 Å². The van der Waals surface area contributed by atoms with Gasteiger partial charge in [0.2, 0.25) is 0 Å². The van der Waals surface area contributed by atoms with Crippen molar-refractivity contribution in [2.75, 3.05) is 0 Å². The van der Waals surface area contributed by atoms with Gasteiger partial charge < -0.3 is 8.37 Å². The Hall–Kier alpha value is -0.0200. The molecule has 0 bridgehead atoms. The van der Waals surface area contributed by atoms with Crippen molar-refractivity contribution in [2.24, 2.45) is 0 Å². The molecule has 0 atom stereocenters. The lowest BCUT2D eigenvalue weighted by atomic mass is 11.6. The SMILES string of the molecule is N#COSSSSOC#N. The molecule has 0 heterocycles. The van der Waals surface area contributed by atoms with Gasteiger partial charge in [0.05, 0.1) is 0 Å². The lowest BCUT2D eigenvalue weighted by molar-refractivity contribution is 0.604. The van der Waals surface area contributed by atoms with E-state index < -0.39 is 0 Å². The predicted octanol–water partition coefficient (Wildman–Crippen LogP) is 2.49. The molecule has 0 aliphatic carbocycles. The summed E-state index contributed by atoms with van der Waals surface area (Å²) in [5, 5.41) is 15.7. The number of nitrogens with zero attached hydrogens (tertiary/aromatic N) is 2. The quantitative estimate of drug-likeness (QED) is 0.298. The molecule has 0 aliphatic heterocycles. The monoisotopic (exact) mass is 212 g/mol. The van der Waals surface area contributed by atoms with E-state index in [1.54, 1.807) is 0 Å². The van der Waals surface area contributed by atoms with Crippen LogP contribution < -0.4 is 0 Å². The number of nitriles is 2. The molecule has 4 nitrogen and oxygen atoms in total. The van der Waals surface area contributed by atoms with Crippen molar-refractivity contribution in [3.63, 3.8) is 0 Å². The first-order chi connectivity index (χ1) is 4.91. The molecular weight excluding hydrogens is 212 g/mol. The molecular formula is C2N2O2S4. The summed E-state index contributed by atoms with van der Waals surface area (Å²) in [6, 6.07) is 0. The van der Waals surface area contributed by atoms with Crippen LogP contribution >= 0.6 is 41.8 Å². The molecule has 10 heavy (non-hydrogen) atoms. The van der Waals surface area contributed by atoms with E-state index in [1.165, 1.54) is 32.2 Å². The first-order valence-corrected chi connectivity index (χ1v) is 6.36. The van der Waals surface area contributed by atoms with E-state index in [0.717, 1.165) is 22.1 Å². The molecule has 0 unspecified atom stereocenters. The minimum Gasteiger partial charge on any atom is -0.340 e. The van der Waals surface area contributed by atoms with Crippen LogP contribution in [0.15, 0.2) is 0 Å². The average Bonchev–Trinajstić information content (AvgIpc) is 1.97. The highest BCUT2D eigenvalue weighted by Gasteiger charge is 1.92. The van der Waals surface area contributed by atoms with Gasteiger partial charge in [-0.1, -0.05) is 0 Å². The molecule has 0 rings (SSSR count). The van der Waals surface area contributed by atoms with Crippen LogP contribution in [0.3, 0.4) is 0 Å². The average molecular weight is 212 g/mol. The van der Waals surface area contributed by atoms with Crippen molar-refractivity contribution in [3.8, 4) is 12.5 Å². The van der Waals surface area contributed by atoms with E-state index in [-0.39, 0.29) is 0 Å². The molecule has 0 N–H and O–H groups in total. The van der Waals surface area contributed by atoms with Crippen LogP contribution in [-0.4, -0.2) is 0 Å². The van der Waals surface area contributed by atoms with E-state index in [2.05, 4.69) is 8.37 Å². The Morgan fingerprint density at radius 2 is 1.30 bits per heavy atom. The summed E-state index contributed by atoms with van der Waals surface area (Å²) in [5.74, 6) is 0. The van der Waals surface area contributed by atoms with Crippen molar-refractivity contribution in [3.05, 3.63) is 0 Å². The molecule has 0 fully saturated rings. The fraction of sp³-hybridized carbons (Fsp3) is 0. The highest BCUT2D eigenvalue weighted by Crippen LogP contribution is 2.43. The molecule has 0 amide bonds. The minimum absolute atomic E-state index is 0.912.